The monoisotopic (exact) mass is 563 g/mol. The van der Waals surface area contributed by atoms with Gasteiger partial charge in [-0.05, 0) is 62.0 Å². The van der Waals surface area contributed by atoms with Gasteiger partial charge in [0.25, 0.3) is 0 Å². The van der Waals surface area contributed by atoms with Crippen LogP contribution in [0.25, 0.3) is 0 Å². The molecule has 0 aliphatic heterocycles. The molecule has 0 radical (unpaired) electrons. The first-order chi connectivity index (χ1) is 13.7. The van der Waals surface area contributed by atoms with Crippen molar-refractivity contribution in [1.29, 1.82) is 0 Å². The largest absolute Gasteiger partial charge is 0.480 e. The van der Waals surface area contributed by atoms with E-state index >= 15 is 0 Å². The number of nitrogens with two attached hydrogens (primary N) is 1. The zero-order chi connectivity index (χ0) is 22.9. The van der Waals surface area contributed by atoms with Crippen LogP contribution in [0.3, 0.4) is 0 Å². The summed E-state index contributed by atoms with van der Waals surface area (Å²) in [5.74, 6) is -1.68. The van der Waals surface area contributed by atoms with E-state index in [-0.39, 0.29) is 15.4 Å². The smallest absolute Gasteiger partial charge is 0.429 e. The number of hydrogen-bond acceptors (Lipinski definition) is 3. The Kier molecular flexibility index (Phi) is 7.46. The third-order valence-corrected chi connectivity index (χ3v) is 5.09. The van der Waals surface area contributed by atoms with E-state index in [0.29, 0.717) is 17.7 Å². The van der Waals surface area contributed by atoms with Gasteiger partial charge in [-0.1, -0.05) is 18.2 Å². The molecule has 2 aromatic rings. The van der Waals surface area contributed by atoms with Gasteiger partial charge in [-0.3, -0.25) is 4.79 Å². The number of aliphatic carboxylic acids is 1. The Balaban J connectivity index is 2.48. The highest BCUT2D eigenvalue weighted by Crippen LogP contribution is 2.45. The van der Waals surface area contributed by atoms with E-state index in [1.807, 2.05) is 0 Å². The first-order valence-electron chi connectivity index (χ1n) is 8.07. The Bertz CT molecular complexity index is 910. The van der Waals surface area contributed by atoms with E-state index in [0.717, 1.165) is 12.1 Å². The second-order valence-corrected chi connectivity index (χ2v) is 7.87. The van der Waals surface area contributed by atoms with Crippen LogP contribution in [0.5, 0.6) is 5.75 Å². The molecule has 2 unspecified atom stereocenters. The molecule has 0 amide bonds. The lowest BCUT2D eigenvalue weighted by Gasteiger charge is -2.26. The van der Waals surface area contributed by atoms with E-state index in [4.69, 9.17) is 15.6 Å². The molecule has 2 aromatic carbocycles. The van der Waals surface area contributed by atoms with Gasteiger partial charge in [0, 0.05) is 5.56 Å². The number of carbonyl (C=O) groups is 1. The molecule has 0 fully saturated rings. The summed E-state index contributed by atoms with van der Waals surface area (Å²) in [5.41, 5.74) is 3.24. The second-order valence-electron chi connectivity index (χ2n) is 6.16. The predicted octanol–water partition coefficient (Wildman–Crippen LogP) is 5.87. The lowest BCUT2D eigenvalue weighted by Crippen LogP contribution is -2.32. The lowest BCUT2D eigenvalue weighted by molar-refractivity contribution is -0.200. The summed E-state index contributed by atoms with van der Waals surface area (Å²) < 4.78 is 85.6. The van der Waals surface area contributed by atoms with Crippen molar-refractivity contribution >= 4 is 37.8 Å². The topological polar surface area (TPSA) is 72.5 Å². The molecule has 0 aromatic heterocycles. The molecule has 0 saturated heterocycles. The highest BCUT2D eigenvalue weighted by molar-refractivity contribution is 9.11. The van der Waals surface area contributed by atoms with Crippen LogP contribution < -0.4 is 10.5 Å². The Morgan fingerprint density at radius 1 is 1.07 bits per heavy atom. The molecular formula is C18H13Br2F6NO3. The van der Waals surface area contributed by atoms with Gasteiger partial charge < -0.3 is 15.6 Å². The van der Waals surface area contributed by atoms with Crippen molar-refractivity contribution in [3.05, 3.63) is 62.0 Å². The average molecular weight is 565 g/mol. The maximum atomic E-state index is 13.7. The fraction of sp³-hybridized carbons (Fsp3) is 0.278. The van der Waals surface area contributed by atoms with E-state index in [1.165, 1.54) is 12.1 Å². The zero-order valence-corrected chi connectivity index (χ0v) is 17.9. The van der Waals surface area contributed by atoms with E-state index in [9.17, 15) is 31.1 Å². The number of carboxylic acid groups (broad SMARTS) is 1. The second kappa shape index (κ2) is 9.15. The van der Waals surface area contributed by atoms with Crippen molar-refractivity contribution in [2.75, 3.05) is 0 Å². The highest BCUT2D eigenvalue weighted by Gasteiger charge is 2.47. The number of hydrogen-bond donors (Lipinski definition) is 2. The van der Waals surface area contributed by atoms with Crippen LogP contribution in [-0.2, 0) is 17.4 Å². The van der Waals surface area contributed by atoms with Crippen LogP contribution in [-0.4, -0.2) is 23.3 Å². The maximum absolute atomic E-state index is 13.7. The first-order valence-corrected chi connectivity index (χ1v) is 9.66. The minimum Gasteiger partial charge on any atom is -0.480 e. The van der Waals surface area contributed by atoms with Crippen molar-refractivity contribution in [1.82, 2.24) is 0 Å². The third-order valence-electron chi connectivity index (χ3n) is 3.91. The summed E-state index contributed by atoms with van der Waals surface area (Å²) in [4.78, 5) is 10.9. The quantitative estimate of drug-likeness (QED) is 0.431. The van der Waals surface area contributed by atoms with Crippen molar-refractivity contribution in [3.8, 4) is 5.75 Å². The van der Waals surface area contributed by atoms with Crippen LogP contribution in [0.4, 0.5) is 26.3 Å². The summed E-state index contributed by atoms with van der Waals surface area (Å²) in [7, 11) is 0. The first kappa shape index (κ1) is 24.5. The number of rotatable bonds is 6. The molecule has 2 rings (SSSR count). The number of halogens is 8. The van der Waals surface area contributed by atoms with Crippen molar-refractivity contribution in [3.63, 3.8) is 0 Å². The summed E-state index contributed by atoms with van der Waals surface area (Å²) in [6, 6.07) is 4.58. The van der Waals surface area contributed by atoms with Gasteiger partial charge in [0.2, 0.25) is 6.10 Å². The minimum atomic E-state index is -5.16. The maximum Gasteiger partial charge on any atom is 0.429 e. The molecule has 0 heterocycles. The molecular weight excluding hydrogens is 552 g/mol. The Morgan fingerprint density at radius 3 is 2.07 bits per heavy atom. The van der Waals surface area contributed by atoms with E-state index in [2.05, 4.69) is 31.9 Å². The third kappa shape index (κ3) is 5.88. The fourth-order valence-corrected chi connectivity index (χ4v) is 4.06. The average Bonchev–Trinajstić information content (AvgIpc) is 2.59. The zero-order valence-electron chi connectivity index (χ0n) is 14.7. The molecule has 164 valence electrons. The van der Waals surface area contributed by atoms with Crippen LogP contribution in [0.1, 0.15) is 22.8 Å². The summed E-state index contributed by atoms with van der Waals surface area (Å²) in [5, 5.41) is 8.87. The van der Waals surface area contributed by atoms with Gasteiger partial charge in [-0.2, -0.15) is 26.3 Å². The summed E-state index contributed by atoms with van der Waals surface area (Å²) in [6.45, 7) is 0. The molecule has 0 aliphatic rings. The number of carboxylic acids is 1. The van der Waals surface area contributed by atoms with Gasteiger partial charge in [0.1, 0.15) is 11.8 Å². The van der Waals surface area contributed by atoms with E-state index < -0.39 is 47.3 Å². The van der Waals surface area contributed by atoms with Gasteiger partial charge in [-0.15, -0.1) is 0 Å². The molecule has 0 bridgehead atoms. The molecule has 30 heavy (non-hydrogen) atoms. The Hall–Kier alpha value is -1.79. The Morgan fingerprint density at radius 2 is 1.60 bits per heavy atom. The van der Waals surface area contributed by atoms with Crippen molar-refractivity contribution in [2.24, 2.45) is 5.73 Å². The van der Waals surface area contributed by atoms with Crippen molar-refractivity contribution < 1.29 is 41.0 Å². The van der Waals surface area contributed by atoms with Crippen molar-refractivity contribution in [2.45, 2.75) is 30.9 Å². The number of alkyl halides is 6. The molecule has 0 spiro atoms. The highest BCUT2D eigenvalue weighted by atomic mass is 79.9. The SMILES string of the molecule is NC(Cc1cc(Br)c(OC(c2ccccc2C(F)(F)F)C(F)(F)F)c(Br)c1)C(=O)O. The van der Waals surface area contributed by atoms with Crippen LogP contribution >= 0.6 is 31.9 Å². The van der Waals surface area contributed by atoms with E-state index in [1.54, 1.807) is 0 Å². The normalized spacial score (nSPS) is 14.3. The molecule has 4 nitrogen and oxygen atoms in total. The van der Waals surface area contributed by atoms with Crippen LogP contribution in [0.2, 0.25) is 0 Å². The predicted molar refractivity (Wildman–Crippen MR) is 102 cm³/mol. The van der Waals surface area contributed by atoms with Gasteiger partial charge >= 0.3 is 18.3 Å². The molecule has 0 aliphatic carbocycles. The standard InChI is InChI=1S/C18H13Br2F6NO3/c19-11-5-8(7-13(27)16(28)29)6-12(20)14(11)30-15(18(24,25)26)9-3-1-2-4-10(9)17(21,22)23/h1-6,13,15H,7,27H2,(H,28,29). The molecule has 3 N–H and O–H groups in total. The number of benzene rings is 2. The fourth-order valence-electron chi connectivity index (χ4n) is 2.59. The molecule has 12 heteroatoms. The summed E-state index contributed by atoms with van der Waals surface area (Å²) >= 11 is 6.04. The minimum absolute atomic E-state index is 0.0248. The van der Waals surface area contributed by atoms with Crippen LogP contribution in [0.15, 0.2) is 45.3 Å². The molecule has 0 saturated carbocycles. The Labute approximate surface area is 183 Å². The lowest BCUT2D eigenvalue weighted by atomic mass is 10.0. The number of ether oxygens (including phenoxy) is 1. The molecule has 2 atom stereocenters. The van der Waals surface area contributed by atoms with Gasteiger partial charge in [0.15, 0.2) is 0 Å². The summed E-state index contributed by atoms with van der Waals surface area (Å²) in [6.07, 6.45) is -13.2. The van der Waals surface area contributed by atoms with Gasteiger partial charge in [0.05, 0.1) is 14.5 Å². The van der Waals surface area contributed by atoms with Crippen LogP contribution in [0, 0.1) is 0 Å². The van der Waals surface area contributed by atoms with Gasteiger partial charge in [-0.25, -0.2) is 0 Å².